The number of imidazole rings is 1. The van der Waals surface area contributed by atoms with E-state index < -0.39 is 0 Å². The van der Waals surface area contributed by atoms with Crippen molar-refractivity contribution in [3.05, 3.63) is 41.1 Å². The van der Waals surface area contributed by atoms with Gasteiger partial charge in [-0.25, -0.2) is 4.68 Å². The van der Waals surface area contributed by atoms with Crippen LogP contribution in [0.15, 0.2) is 24.3 Å². The number of para-hydroxylation sites is 2. The van der Waals surface area contributed by atoms with Gasteiger partial charge in [-0.2, -0.15) is 5.26 Å². The van der Waals surface area contributed by atoms with E-state index in [1.54, 1.807) is 16.0 Å². The molecule has 6 nitrogen and oxygen atoms in total. The zero-order chi connectivity index (χ0) is 16.0. The van der Waals surface area contributed by atoms with Gasteiger partial charge in [0.05, 0.1) is 16.6 Å². The summed E-state index contributed by atoms with van der Waals surface area (Å²) in [6.45, 7) is 4.61. The molecule has 0 aliphatic heterocycles. The Bertz CT molecular complexity index is 985. The van der Waals surface area contributed by atoms with Crippen LogP contribution in [-0.2, 0) is 4.79 Å². The Morgan fingerprint density at radius 3 is 2.36 bits per heavy atom. The van der Waals surface area contributed by atoms with E-state index in [1.807, 2.05) is 24.3 Å². The van der Waals surface area contributed by atoms with Gasteiger partial charge in [-0.05, 0) is 31.5 Å². The van der Waals surface area contributed by atoms with Gasteiger partial charge in [-0.1, -0.05) is 12.1 Å². The average molecular weight is 294 g/mol. The highest BCUT2D eigenvalue weighted by Gasteiger charge is 2.25. The summed E-state index contributed by atoms with van der Waals surface area (Å²) in [7, 11) is 0. The van der Waals surface area contributed by atoms with Crippen molar-refractivity contribution in [2.45, 2.75) is 20.8 Å². The molecule has 0 saturated carbocycles. The third-order valence-corrected chi connectivity index (χ3v) is 3.69. The highest BCUT2D eigenvalue weighted by molar-refractivity contribution is 6.05. The Morgan fingerprint density at radius 1 is 1.18 bits per heavy atom. The van der Waals surface area contributed by atoms with E-state index in [0.717, 1.165) is 11.0 Å². The van der Waals surface area contributed by atoms with Gasteiger partial charge in [0.2, 0.25) is 5.91 Å². The number of Topliss-reactive ketones (excluding diaryl/α,β-unsaturated/α-hetero) is 1. The third kappa shape index (κ3) is 1.72. The summed E-state index contributed by atoms with van der Waals surface area (Å²) in [5.41, 5.74) is 6.20. The molecule has 6 heteroatoms. The fraction of sp³-hybridized carbons (Fsp3) is 0.188. The zero-order valence-electron chi connectivity index (χ0n) is 12.5. The number of amides is 1. The molecule has 1 amide bonds. The van der Waals surface area contributed by atoms with Crippen molar-refractivity contribution in [3.8, 4) is 6.07 Å². The molecule has 0 saturated heterocycles. The van der Waals surface area contributed by atoms with Crippen LogP contribution in [0.3, 0.4) is 0 Å². The topological polar surface area (TPSA) is 79.3 Å². The van der Waals surface area contributed by atoms with Crippen molar-refractivity contribution in [3.63, 3.8) is 0 Å². The number of ketones is 1. The molecule has 0 atom stereocenters. The fourth-order valence-corrected chi connectivity index (χ4v) is 2.90. The van der Waals surface area contributed by atoms with Crippen LogP contribution in [0.1, 0.15) is 35.5 Å². The van der Waals surface area contributed by atoms with E-state index in [-0.39, 0.29) is 11.7 Å². The van der Waals surface area contributed by atoms with Crippen LogP contribution in [0.4, 0.5) is 0 Å². The highest BCUT2D eigenvalue weighted by Crippen LogP contribution is 2.30. The number of nitrogens with zero attached hydrogens (tertiary/aromatic N) is 3. The van der Waals surface area contributed by atoms with Gasteiger partial charge in [0, 0.05) is 6.92 Å². The molecule has 0 fully saturated rings. The summed E-state index contributed by atoms with van der Waals surface area (Å²) in [6, 6.07) is 9.53. The van der Waals surface area contributed by atoms with Crippen LogP contribution in [0, 0.1) is 18.3 Å². The van der Waals surface area contributed by atoms with E-state index in [4.69, 9.17) is 0 Å². The summed E-state index contributed by atoms with van der Waals surface area (Å²) >= 11 is 0. The number of nitriles is 1. The molecule has 0 unspecified atom stereocenters. The third-order valence-electron chi connectivity index (χ3n) is 3.69. The molecule has 0 aliphatic carbocycles. The standard InChI is InChI=1S/C16H14N4O2/c1-9-14(8-17)19-12-6-4-5-7-13(12)20(18-11(3)22)16(19)15(9)10(2)21/h4-7H,1-3H3,(H,18,22). The van der Waals surface area contributed by atoms with Gasteiger partial charge in [-0.15, -0.1) is 0 Å². The Hall–Kier alpha value is -3.07. The summed E-state index contributed by atoms with van der Waals surface area (Å²) in [4.78, 5) is 23.6. The summed E-state index contributed by atoms with van der Waals surface area (Å²) in [6.07, 6.45) is 0. The van der Waals surface area contributed by atoms with Crippen LogP contribution in [-0.4, -0.2) is 20.8 Å². The van der Waals surface area contributed by atoms with Crippen LogP contribution in [0.25, 0.3) is 16.7 Å². The first-order valence-electron chi connectivity index (χ1n) is 6.80. The predicted octanol–water partition coefficient (Wildman–Crippen LogP) is 2.37. The maximum Gasteiger partial charge on any atom is 0.235 e. The zero-order valence-corrected chi connectivity index (χ0v) is 12.5. The molecule has 2 heterocycles. The Balaban J connectivity index is 2.62. The normalized spacial score (nSPS) is 10.8. The first-order chi connectivity index (χ1) is 10.5. The van der Waals surface area contributed by atoms with Gasteiger partial charge in [0.25, 0.3) is 0 Å². The minimum absolute atomic E-state index is 0.147. The first kappa shape index (κ1) is 13.9. The van der Waals surface area contributed by atoms with E-state index in [0.29, 0.717) is 22.5 Å². The first-order valence-corrected chi connectivity index (χ1v) is 6.80. The van der Waals surface area contributed by atoms with Crippen molar-refractivity contribution in [1.29, 1.82) is 5.26 Å². The van der Waals surface area contributed by atoms with Gasteiger partial charge in [-0.3, -0.25) is 19.4 Å². The lowest BCUT2D eigenvalue weighted by molar-refractivity contribution is -0.115. The number of benzene rings is 1. The number of carbonyl (C=O) groups is 2. The highest BCUT2D eigenvalue weighted by atomic mass is 16.2. The summed E-state index contributed by atoms with van der Waals surface area (Å²) in [5.74, 6) is -0.402. The van der Waals surface area contributed by atoms with Gasteiger partial charge < -0.3 is 0 Å². The van der Waals surface area contributed by atoms with Crippen LogP contribution < -0.4 is 5.43 Å². The van der Waals surface area contributed by atoms with Crippen LogP contribution >= 0.6 is 0 Å². The molecule has 1 N–H and O–H groups in total. The molecule has 22 heavy (non-hydrogen) atoms. The largest absolute Gasteiger partial charge is 0.294 e. The summed E-state index contributed by atoms with van der Waals surface area (Å²) in [5, 5.41) is 9.48. The lowest BCUT2D eigenvalue weighted by Gasteiger charge is -2.07. The Labute approximate surface area is 126 Å². The number of nitrogens with one attached hydrogen (secondary N) is 1. The quantitative estimate of drug-likeness (QED) is 0.737. The van der Waals surface area contributed by atoms with Crippen molar-refractivity contribution in [1.82, 2.24) is 9.08 Å². The fourth-order valence-electron chi connectivity index (χ4n) is 2.90. The maximum absolute atomic E-state index is 12.1. The number of aromatic nitrogens is 2. The van der Waals surface area contributed by atoms with E-state index in [9.17, 15) is 14.9 Å². The molecule has 0 radical (unpaired) electrons. The smallest absolute Gasteiger partial charge is 0.235 e. The van der Waals surface area contributed by atoms with Gasteiger partial charge in [0.15, 0.2) is 5.78 Å². The Kier molecular flexibility index (Phi) is 2.99. The van der Waals surface area contributed by atoms with Crippen molar-refractivity contribution in [2.24, 2.45) is 0 Å². The molecule has 3 aromatic rings. The molecule has 0 bridgehead atoms. The minimum atomic E-state index is -0.255. The molecule has 1 aromatic carbocycles. The van der Waals surface area contributed by atoms with Crippen molar-refractivity contribution >= 4 is 28.4 Å². The predicted molar refractivity (Wildman–Crippen MR) is 82.4 cm³/mol. The molecular formula is C16H14N4O2. The molecular weight excluding hydrogens is 280 g/mol. The second-order valence-corrected chi connectivity index (χ2v) is 5.17. The maximum atomic E-state index is 12.1. The summed E-state index contributed by atoms with van der Waals surface area (Å²) < 4.78 is 3.29. The van der Waals surface area contributed by atoms with Gasteiger partial charge in [0.1, 0.15) is 17.4 Å². The second-order valence-electron chi connectivity index (χ2n) is 5.17. The van der Waals surface area contributed by atoms with E-state index in [2.05, 4.69) is 11.5 Å². The molecule has 0 aliphatic rings. The van der Waals surface area contributed by atoms with Gasteiger partial charge >= 0.3 is 0 Å². The van der Waals surface area contributed by atoms with E-state index >= 15 is 0 Å². The van der Waals surface area contributed by atoms with Crippen molar-refractivity contribution < 1.29 is 9.59 Å². The minimum Gasteiger partial charge on any atom is -0.294 e. The molecule has 3 rings (SSSR count). The molecule has 2 aromatic heterocycles. The number of hydrogen-bond acceptors (Lipinski definition) is 3. The average Bonchev–Trinajstić information content (AvgIpc) is 2.91. The number of hydrogen-bond donors (Lipinski definition) is 1. The SMILES string of the molecule is CC(=O)Nn1c2ccccc2n2c(C#N)c(C)c(C(C)=O)c12. The lowest BCUT2D eigenvalue weighted by atomic mass is 10.1. The Morgan fingerprint density at radius 2 is 1.82 bits per heavy atom. The lowest BCUT2D eigenvalue weighted by Crippen LogP contribution is -2.20. The number of fused-ring (bicyclic) bond motifs is 3. The van der Waals surface area contributed by atoms with E-state index in [1.165, 1.54) is 13.8 Å². The monoisotopic (exact) mass is 294 g/mol. The van der Waals surface area contributed by atoms with Crippen molar-refractivity contribution in [2.75, 3.05) is 5.43 Å². The number of carbonyl (C=O) groups excluding carboxylic acids is 2. The second kappa shape index (κ2) is 4.74. The molecule has 110 valence electrons. The van der Waals surface area contributed by atoms with Crippen LogP contribution in [0.5, 0.6) is 0 Å². The molecule has 0 spiro atoms. The number of rotatable bonds is 2. The van der Waals surface area contributed by atoms with Crippen LogP contribution in [0.2, 0.25) is 0 Å².